The van der Waals surface area contributed by atoms with Gasteiger partial charge in [0.05, 0.1) is 17.7 Å². The van der Waals surface area contributed by atoms with Crippen molar-refractivity contribution in [3.63, 3.8) is 0 Å². The molecule has 0 unspecified atom stereocenters. The molecule has 0 saturated carbocycles. The van der Waals surface area contributed by atoms with E-state index in [9.17, 15) is 4.79 Å². The van der Waals surface area contributed by atoms with Crippen LogP contribution in [-0.2, 0) is 9.53 Å². The third kappa shape index (κ3) is 5.26. The Morgan fingerprint density at radius 3 is 2.59 bits per heavy atom. The van der Waals surface area contributed by atoms with E-state index in [4.69, 9.17) is 14.2 Å². The van der Waals surface area contributed by atoms with Crippen LogP contribution in [-0.4, -0.2) is 25.1 Å². The first-order valence-corrected chi connectivity index (χ1v) is 10.5. The molecule has 0 aromatic heterocycles. The highest BCUT2D eigenvalue weighted by molar-refractivity contribution is 9.10. The van der Waals surface area contributed by atoms with Gasteiger partial charge in [-0.3, -0.25) is 0 Å². The second-order valence-corrected chi connectivity index (χ2v) is 7.52. The predicted octanol–water partition coefficient (Wildman–Crippen LogP) is 5.68. The maximum Gasteiger partial charge on any atom is 0.363 e. The second-order valence-electron chi connectivity index (χ2n) is 6.67. The average Bonchev–Trinajstić information content (AvgIpc) is 3.05. The molecule has 0 radical (unpaired) electrons. The summed E-state index contributed by atoms with van der Waals surface area (Å²) in [5.41, 5.74) is 2.91. The molecular weight excluding hydrogens is 434 g/mol. The zero-order valence-corrected chi connectivity index (χ0v) is 18.4. The van der Waals surface area contributed by atoms with Gasteiger partial charge in [0.1, 0.15) is 0 Å². The number of rotatable bonds is 8. The quantitative estimate of drug-likeness (QED) is 0.290. The standard InChI is InChI=1S/C23H24BrNO4/c1-4-6-11-28-21-18(24)12-16(14-20(21)27-5-2)13-19-23(26)29-22(25-19)17-9-7-15(3)8-10-17/h7-10,12-14H,4-6,11H2,1-3H3/b19-13-. The van der Waals surface area contributed by atoms with E-state index in [1.54, 1.807) is 6.08 Å². The minimum absolute atomic E-state index is 0.245. The van der Waals surface area contributed by atoms with Crippen LogP contribution in [0, 0.1) is 6.92 Å². The van der Waals surface area contributed by atoms with E-state index >= 15 is 0 Å². The number of hydrogen-bond donors (Lipinski definition) is 0. The zero-order valence-electron chi connectivity index (χ0n) is 16.8. The van der Waals surface area contributed by atoms with E-state index in [1.165, 1.54) is 0 Å². The highest BCUT2D eigenvalue weighted by Crippen LogP contribution is 2.38. The van der Waals surface area contributed by atoms with Crippen molar-refractivity contribution in [1.29, 1.82) is 0 Å². The maximum atomic E-state index is 12.3. The molecule has 0 saturated heterocycles. The first-order chi connectivity index (χ1) is 14.0. The Kier molecular flexibility index (Phi) is 7.09. The molecule has 0 amide bonds. The number of cyclic esters (lactones) is 1. The van der Waals surface area contributed by atoms with Crippen LogP contribution >= 0.6 is 15.9 Å². The van der Waals surface area contributed by atoms with Crippen LogP contribution in [0.5, 0.6) is 11.5 Å². The first kappa shape index (κ1) is 21.1. The Bertz CT molecular complexity index is 948. The minimum atomic E-state index is -0.474. The van der Waals surface area contributed by atoms with E-state index in [0.717, 1.165) is 34.0 Å². The monoisotopic (exact) mass is 457 g/mol. The van der Waals surface area contributed by atoms with Crippen LogP contribution in [0.3, 0.4) is 0 Å². The summed E-state index contributed by atoms with van der Waals surface area (Å²) < 4.78 is 17.7. The first-order valence-electron chi connectivity index (χ1n) is 9.70. The summed E-state index contributed by atoms with van der Waals surface area (Å²) in [6.45, 7) is 7.16. The summed E-state index contributed by atoms with van der Waals surface area (Å²) in [4.78, 5) is 16.7. The molecule has 1 aliphatic rings. The number of aryl methyl sites for hydroxylation is 1. The molecule has 0 aliphatic carbocycles. The number of nitrogens with zero attached hydrogens (tertiary/aromatic N) is 1. The number of ether oxygens (including phenoxy) is 3. The van der Waals surface area contributed by atoms with E-state index < -0.39 is 5.97 Å². The van der Waals surface area contributed by atoms with Gasteiger partial charge < -0.3 is 14.2 Å². The van der Waals surface area contributed by atoms with Crippen LogP contribution in [0.25, 0.3) is 6.08 Å². The Balaban J connectivity index is 1.90. The average molecular weight is 458 g/mol. The van der Waals surface area contributed by atoms with Crippen molar-refractivity contribution < 1.29 is 19.0 Å². The van der Waals surface area contributed by atoms with Crippen molar-refractivity contribution in [2.75, 3.05) is 13.2 Å². The smallest absolute Gasteiger partial charge is 0.363 e. The predicted molar refractivity (Wildman–Crippen MR) is 117 cm³/mol. The van der Waals surface area contributed by atoms with Gasteiger partial charge in [-0.2, -0.15) is 0 Å². The van der Waals surface area contributed by atoms with Gasteiger partial charge >= 0.3 is 5.97 Å². The summed E-state index contributed by atoms with van der Waals surface area (Å²) in [5, 5.41) is 0. The number of hydrogen-bond acceptors (Lipinski definition) is 5. The molecule has 0 fully saturated rings. The van der Waals surface area contributed by atoms with E-state index in [-0.39, 0.29) is 5.70 Å². The Labute approximate surface area is 179 Å². The van der Waals surface area contributed by atoms with Crippen molar-refractivity contribution in [1.82, 2.24) is 0 Å². The molecule has 6 heteroatoms. The molecule has 1 aliphatic heterocycles. The molecule has 2 aromatic carbocycles. The number of unbranched alkanes of at least 4 members (excludes halogenated alkanes) is 1. The van der Waals surface area contributed by atoms with Gasteiger partial charge in [-0.1, -0.05) is 31.0 Å². The second kappa shape index (κ2) is 9.74. The molecular formula is C23H24BrNO4. The fourth-order valence-electron chi connectivity index (χ4n) is 2.78. The van der Waals surface area contributed by atoms with E-state index in [1.807, 2.05) is 50.2 Å². The van der Waals surface area contributed by atoms with Gasteiger partial charge in [0.25, 0.3) is 0 Å². The lowest BCUT2D eigenvalue weighted by molar-refractivity contribution is -0.129. The molecule has 0 bridgehead atoms. The third-order valence-corrected chi connectivity index (χ3v) is 4.89. The van der Waals surface area contributed by atoms with Gasteiger partial charge in [0.15, 0.2) is 17.2 Å². The van der Waals surface area contributed by atoms with Gasteiger partial charge in [0, 0.05) is 5.56 Å². The van der Waals surface area contributed by atoms with Gasteiger partial charge in [0.2, 0.25) is 5.90 Å². The number of carbonyl (C=O) groups excluding carboxylic acids is 1. The number of halogens is 1. The normalized spacial score (nSPS) is 14.7. The highest BCUT2D eigenvalue weighted by atomic mass is 79.9. The van der Waals surface area contributed by atoms with Crippen molar-refractivity contribution in [2.45, 2.75) is 33.6 Å². The van der Waals surface area contributed by atoms with Crippen LogP contribution in [0.1, 0.15) is 43.4 Å². The minimum Gasteiger partial charge on any atom is -0.490 e. The number of carbonyl (C=O) groups is 1. The fourth-order valence-corrected chi connectivity index (χ4v) is 3.35. The van der Waals surface area contributed by atoms with Gasteiger partial charge in [-0.25, -0.2) is 9.79 Å². The molecule has 152 valence electrons. The van der Waals surface area contributed by atoms with Gasteiger partial charge in [-0.05, 0) is 72.1 Å². The van der Waals surface area contributed by atoms with Crippen LogP contribution < -0.4 is 9.47 Å². The number of aliphatic imine (C=N–C) groups is 1. The van der Waals surface area contributed by atoms with Crippen molar-refractivity contribution in [2.24, 2.45) is 4.99 Å². The SMILES string of the molecule is CCCCOc1c(Br)cc(/C=C2\N=C(c3ccc(C)cc3)OC2=O)cc1OCC. The Hall–Kier alpha value is -2.60. The maximum absolute atomic E-state index is 12.3. The van der Waals surface area contributed by atoms with Crippen molar-refractivity contribution in [3.8, 4) is 11.5 Å². The number of benzene rings is 2. The lowest BCUT2D eigenvalue weighted by Crippen LogP contribution is -2.05. The topological polar surface area (TPSA) is 57.1 Å². The molecule has 29 heavy (non-hydrogen) atoms. The third-order valence-electron chi connectivity index (χ3n) is 4.30. The fraction of sp³-hybridized carbons (Fsp3) is 0.304. The molecule has 0 atom stereocenters. The highest BCUT2D eigenvalue weighted by Gasteiger charge is 2.24. The summed E-state index contributed by atoms with van der Waals surface area (Å²) in [6.07, 6.45) is 3.70. The molecule has 0 spiro atoms. The molecule has 0 N–H and O–H groups in total. The van der Waals surface area contributed by atoms with Crippen LogP contribution in [0.2, 0.25) is 0 Å². The lowest BCUT2D eigenvalue weighted by atomic mass is 10.1. The van der Waals surface area contributed by atoms with Crippen LogP contribution in [0.15, 0.2) is 51.6 Å². The van der Waals surface area contributed by atoms with Crippen molar-refractivity contribution >= 4 is 33.9 Å². The van der Waals surface area contributed by atoms with Crippen molar-refractivity contribution in [3.05, 3.63) is 63.3 Å². The molecule has 2 aromatic rings. The molecule has 5 nitrogen and oxygen atoms in total. The molecule has 1 heterocycles. The summed E-state index contributed by atoms with van der Waals surface area (Å²) >= 11 is 3.55. The summed E-state index contributed by atoms with van der Waals surface area (Å²) in [6, 6.07) is 11.4. The molecule has 3 rings (SSSR count). The lowest BCUT2D eigenvalue weighted by Gasteiger charge is -2.14. The zero-order chi connectivity index (χ0) is 20.8. The summed E-state index contributed by atoms with van der Waals surface area (Å²) in [5.74, 6) is 1.13. The van der Waals surface area contributed by atoms with Crippen LogP contribution in [0.4, 0.5) is 0 Å². The van der Waals surface area contributed by atoms with E-state index in [0.29, 0.717) is 30.6 Å². The Morgan fingerprint density at radius 2 is 1.90 bits per heavy atom. The largest absolute Gasteiger partial charge is 0.490 e. The van der Waals surface area contributed by atoms with E-state index in [2.05, 4.69) is 27.8 Å². The summed E-state index contributed by atoms with van der Waals surface area (Å²) in [7, 11) is 0. The number of esters is 1. The Morgan fingerprint density at radius 1 is 1.14 bits per heavy atom. The van der Waals surface area contributed by atoms with Gasteiger partial charge in [-0.15, -0.1) is 0 Å².